The molecule has 1 aromatic rings. The van der Waals surface area contributed by atoms with Crippen LogP contribution in [0.4, 0.5) is 5.69 Å². The van der Waals surface area contributed by atoms with Crippen LogP contribution < -0.4 is 16.0 Å². The molecule has 0 heterocycles. The lowest BCUT2D eigenvalue weighted by atomic mass is 10.1. The Hall–Kier alpha value is -2.14. The van der Waals surface area contributed by atoms with Crippen LogP contribution in [0.15, 0.2) is 36.9 Å². The van der Waals surface area contributed by atoms with Crippen molar-refractivity contribution in [3.63, 3.8) is 0 Å². The molecule has 114 valence electrons. The summed E-state index contributed by atoms with van der Waals surface area (Å²) in [6.45, 7) is 8.55. The summed E-state index contributed by atoms with van der Waals surface area (Å²) in [5, 5.41) is 8.58. The van der Waals surface area contributed by atoms with Crippen molar-refractivity contribution in [3.8, 4) is 0 Å². The van der Waals surface area contributed by atoms with E-state index in [0.29, 0.717) is 13.1 Å². The van der Waals surface area contributed by atoms with Crippen molar-refractivity contribution >= 4 is 17.5 Å². The van der Waals surface area contributed by atoms with Crippen LogP contribution in [0.25, 0.3) is 0 Å². The van der Waals surface area contributed by atoms with E-state index in [9.17, 15) is 9.59 Å². The third-order valence-corrected chi connectivity index (χ3v) is 2.78. The highest BCUT2D eigenvalue weighted by Crippen LogP contribution is 2.11. The van der Waals surface area contributed by atoms with Crippen molar-refractivity contribution in [2.75, 3.05) is 18.4 Å². The van der Waals surface area contributed by atoms with Crippen LogP contribution in [-0.4, -0.2) is 24.9 Å². The summed E-state index contributed by atoms with van der Waals surface area (Å²) < 4.78 is 0. The lowest BCUT2D eigenvalue weighted by Gasteiger charge is -2.10. The summed E-state index contributed by atoms with van der Waals surface area (Å²) in [5.41, 5.74) is 1.68. The summed E-state index contributed by atoms with van der Waals surface area (Å²) >= 11 is 0. The Morgan fingerprint density at radius 1 is 1.33 bits per heavy atom. The number of amides is 2. The van der Waals surface area contributed by atoms with E-state index in [1.54, 1.807) is 6.08 Å². The molecule has 0 aromatic heterocycles. The molecule has 5 heteroatoms. The third kappa shape index (κ3) is 6.72. The Bertz CT molecular complexity index is 498. The maximum absolute atomic E-state index is 11.6. The van der Waals surface area contributed by atoms with Gasteiger partial charge in [-0.15, -0.1) is 6.58 Å². The standard InChI is InChI=1S/C16H23N3O2/c1-4-8-17-11-15(20)18-10-13-6-5-7-14(9-13)19-16(21)12(2)3/h4-7,9,12,17H,1,8,10-11H2,2-3H3,(H,18,20)(H,19,21). The summed E-state index contributed by atoms with van der Waals surface area (Å²) in [5.74, 6) is -0.164. The van der Waals surface area contributed by atoms with Crippen LogP contribution in [0.1, 0.15) is 19.4 Å². The van der Waals surface area contributed by atoms with Crippen LogP contribution in [0, 0.1) is 5.92 Å². The van der Waals surface area contributed by atoms with E-state index in [0.717, 1.165) is 11.3 Å². The Morgan fingerprint density at radius 2 is 2.10 bits per heavy atom. The van der Waals surface area contributed by atoms with Crippen molar-refractivity contribution < 1.29 is 9.59 Å². The second-order valence-electron chi connectivity index (χ2n) is 5.04. The SMILES string of the molecule is C=CCNCC(=O)NCc1cccc(NC(=O)C(C)C)c1. The van der Waals surface area contributed by atoms with Gasteiger partial charge in [-0.3, -0.25) is 9.59 Å². The molecule has 0 fully saturated rings. The van der Waals surface area contributed by atoms with Crippen molar-refractivity contribution in [2.24, 2.45) is 5.92 Å². The summed E-state index contributed by atoms with van der Waals surface area (Å²) in [6.07, 6.45) is 1.70. The van der Waals surface area contributed by atoms with E-state index >= 15 is 0 Å². The fourth-order valence-corrected chi connectivity index (χ4v) is 1.60. The molecular weight excluding hydrogens is 266 g/mol. The molecule has 1 rings (SSSR count). The largest absolute Gasteiger partial charge is 0.351 e. The number of hydrogen-bond donors (Lipinski definition) is 3. The molecule has 0 spiro atoms. The second kappa shape index (κ2) is 8.92. The van der Waals surface area contributed by atoms with E-state index < -0.39 is 0 Å². The van der Waals surface area contributed by atoms with Gasteiger partial charge in [0, 0.05) is 24.7 Å². The molecule has 0 aliphatic heterocycles. The van der Waals surface area contributed by atoms with Gasteiger partial charge in [0.25, 0.3) is 0 Å². The molecule has 0 saturated heterocycles. The summed E-state index contributed by atoms with van der Waals surface area (Å²) in [6, 6.07) is 7.45. The van der Waals surface area contributed by atoms with Gasteiger partial charge in [-0.2, -0.15) is 0 Å². The van der Waals surface area contributed by atoms with Gasteiger partial charge in [0.2, 0.25) is 11.8 Å². The molecule has 0 saturated carbocycles. The first-order chi connectivity index (χ1) is 10.0. The first-order valence-electron chi connectivity index (χ1n) is 7.01. The number of anilines is 1. The van der Waals surface area contributed by atoms with Gasteiger partial charge in [0.05, 0.1) is 6.54 Å². The number of carbonyl (C=O) groups is 2. The molecule has 0 atom stereocenters. The highest BCUT2D eigenvalue weighted by Gasteiger charge is 2.07. The van der Waals surface area contributed by atoms with Gasteiger partial charge in [0.15, 0.2) is 0 Å². The van der Waals surface area contributed by atoms with E-state index in [2.05, 4.69) is 22.5 Å². The van der Waals surface area contributed by atoms with Gasteiger partial charge in [-0.25, -0.2) is 0 Å². The van der Waals surface area contributed by atoms with Crippen LogP contribution >= 0.6 is 0 Å². The van der Waals surface area contributed by atoms with Crippen molar-refractivity contribution in [2.45, 2.75) is 20.4 Å². The van der Waals surface area contributed by atoms with Crippen LogP contribution in [-0.2, 0) is 16.1 Å². The normalized spacial score (nSPS) is 10.2. The highest BCUT2D eigenvalue weighted by molar-refractivity contribution is 5.92. The molecule has 5 nitrogen and oxygen atoms in total. The van der Waals surface area contributed by atoms with Gasteiger partial charge >= 0.3 is 0 Å². The van der Waals surface area contributed by atoms with E-state index in [1.165, 1.54) is 0 Å². The topological polar surface area (TPSA) is 70.2 Å². The Morgan fingerprint density at radius 3 is 2.76 bits per heavy atom. The van der Waals surface area contributed by atoms with Crippen LogP contribution in [0.2, 0.25) is 0 Å². The molecule has 0 bridgehead atoms. The van der Waals surface area contributed by atoms with Gasteiger partial charge < -0.3 is 16.0 Å². The Kier molecular flexibility index (Phi) is 7.18. The second-order valence-corrected chi connectivity index (χ2v) is 5.04. The molecule has 3 N–H and O–H groups in total. The third-order valence-electron chi connectivity index (χ3n) is 2.78. The van der Waals surface area contributed by atoms with Crippen LogP contribution in [0.5, 0.6) is 0 Å². The predicted molar refractivity (Wildman–Crippen MR) is 84.8 cm³/mol. The first-order valence-corrected chi connectivity index (χ1v) is 7.01. The van der Waals surface area contributed by atoms with E-state index in [1.807, 2.05) is 38.1 Å². The lowest BCUT2D eigenvalue weighted by Crippen LogP contribution is -2.33. The zero-order valence-corrected chi connectivity index (χ0v) is 12.6. The van der Waals surface area contributed by atoms with E-state index in [4.69, 9.17) is 0 Å². The Labute approximate surface area is 125 Å². The van der Waals surface area contributed by atoms with Gasteiger partial charge in [-0.05, 0) is 17.7 Å². The maximum atomic E-state index is 11.6. The van der Waals surface area contributed by atoms with Gasteiger partial charge in [0.1, 0.15) is 0 Å². The number of carbonyl (C=O) groups excluding carboxylic acids is 2. The molecule has 21 heavy (non-hydrogen) atoms. The fraction of sp³-hybridized carbons (Fsp3) is 0.375. The molecule has 2 amide bonds. The average Bonchev–Trinajstić information content (AvgIpc) is 2.45. The smallest absolute Gasteiger partial charge is 0.234 e. The molecule has 0 unspecified atom stereocenters. The minimum atomic E-state index is -0.0755. The maximum Gasteiger partial charge on any atom is 0.234 e. The molecule has 1 aromatic carbocycles. The summed E-state index contributed by atoms with van der Waals surface area (Å²) in [7, 11) is 0. The zero-order valence-electron chi connectivity index (χ0n) is 12.6. The van der Waals surface area contributed by atoms with Gasteiger partial charge in [-0.1, -0.05) is 32.1 Å². The van der Waals surface area contributed by atoms with Crippen molar-refractivity contribution in [3.05, 3.63) is 42.5 Å². The number of hydrogen-bond acceptors (Lipinski definition) is 3. The zero-order chi connectivity index (χ0) is 15.7. The van der Waals surface area contributed by atoms with E-state index in [-0.39, 0.29) is 24.3 Å². The molecule has 0 aliphatic carbocycles. The van der Waals surface area contributed by atoms with Crippen LogP contribution in [0.3, 0.4) is 0 Å². The quantitative estimate of drug-likeness (QED) is 0.503. The summed E-state index contributed by atoms with van der Waals surface area (Å²) in [4.78, 5) is 23.2. The minimum Gasteiger partial charge on any atom is -0.351 e. The predicted octanol–water partition coefficient (Wildman–Crippen LogP) is 1.67. The average molecular weight is 289 g/mol. The number of benzene rings is 1. The minimum absolute atomic E-state index is 0.0233. The monoisotopic (exact) mass is 289 g/mol. The lowest BCUT2D eigenvalue weighted by molar-refractivity contribution is -0.120. The number of nitrogens with one attached hydrogen (secondary N) is 3. The first kappa shape index (κ1) is 16.9. The Balaban J connectivity index is 2.47. The molecule has 0 aliphatic rings. The fourth-order valence-electron chi connectivity index (χ4n) is 1.60. The van der Waals surface area contributed by atoms with Crippen molar-refractivity contribution in [1.82, 2.24) is 10.6 Å². The number of rotatable bonds is 8. The molecular formula is C16H23N3O2. The highest BCUT2D eigenvalue weighted by atomic mass is 16.2. The molecule has 0 radical (unpaired) electrons. The van der Waals surface area contributed by atoms with Crippen molar-refractivity contribution in [1.29, 1.82) is 0 Å².